The molecule has 178 valence electrons. The number of aromatic nitrogens is 1. The van der Waals surface area contributed by atoms with Gasteiger partial charge in [-0.1, -0.05) is 6.07 Å². The smallest absolute Gasteiger partial charge is 0.250 e. The van der Waals surface area contributed by atoms with Crippen molar-refractivity contribution in [3.8, 4) is 5.75 Å². The fraction of sp³-hybridized carbons (Fsp3) is 0.250. The molecule has 10 heteroatoms. The van der Waals surface area contributed by atoms with E-state index in [-0.39, 0.29) is 34.4 Å². The van der Waals surface area contributed by atoms with Crippen LogP contribution in [-0.4, -0.2) is 26.4 Å². The molecular weight excluding hydrogens is 567 g/mol. The molecule has 4 rings (SSSR count). The second kappa shape index (κ2) is 9.88. The molecule has 8 nitrogen and oxygen atoms in total. The minimum Gasteiger partial charge on any atom is -0.493 e. The second-order valence-corrected chi connectivity index (χ2v) is 11.1. The monoisotopic (exact) mass is 592 g/mol. The maximum atomic E-state index is 13.6. The number of hydrogen-bond donors (Lipinski definition) is 3. The molecule has 1 aliphatic rings. The molecule has 1 fully saturated rings. The second-order valence-electron chi connectivity index (χ2n) is 8.16. The van der Waals surface area contributed by atoms with Crippen molar-refractivity contribution >= 4 is 49.9 Å². The van der Waals surface area contributed by atoms with Gasteiger partial charge in [0, 0.05) is 28.2 Å². The summed E-state index contributed by atoms with van der Waals surface area (Å²) in [5.41, 5.74) is 9.04. The number of carbonyl (C=O) groups excluding carboxylic acids is 1. The molecule has 0 spiro atoms. The van der Waals surface area contributed by atoms with Gasteiger partial charge in [0.1, 0.15) is 4.90 Å². The predicted molar refractivity (Wildman–Crippen MR) is 139 cm³/mol. The molecule has 0 unspecified atom stereocenters. The van der Waals surface area contributed by atoms with E-state index in [4.69, 9.17) is 10.5 Å². The average Bonchev–Trinajstić information content (AvgIpc) is 3.65. The summed E-state index contributed by atoms with van der Waals surface area (Å²) in [5.74, 6) is -0.584. The molecule has 0 saturated heterocycles. The largest absolute Gasteiger partial charge is 0.493 e. The number of sulfonamides is 1. The van der Waals surface area contributed by atoms with Gasteiger partial charge in [-0.2, -0.15) is 0 Å². The molecule has 2 aromatic carbocycles. The number of methoxy groups -OCH3 is 1. The number of primary amides is 1. The van der Waals surface area contributed by atoms with Crippen LogP contribution in [0.4, 0.5) is 11.4 Å². The molecule has 1 aliphatic carbocycles. The van der Waals surface area contributed by atoms with Gasteiger partial charge in [0.2, 0.25) is 10.0 Å². The normalized spacial score (nSPS) is 13.5. The summed E-state index contributed by atoms with van der Waals surface area (Å²) in [6.07, 6.45) is 4.88. The molecule has 0 radical (unpaired) electrons. The van der Waals surface area contributed by atoms with Crippen molar-refractivity contribution in [1.82, 2.24) is 9.71 Å². The maximum absolute atomic E-state index is 13.6. The first kappa shape index (κ1) is 24.4. The molecule has 4 N–H and O–H groups in total. The van der Waals surface area contributed by atoms with Crippen LogP contribution >= 0.6 is 22.6 Å². The van der Waals surface area contributed by atoms with Gasteiger partial charge < -0.3 is 15.8 Å². The van der Waals surface area contributed by atoms with Gasteiger partial charge in [0.05, 0.1) is 18.4 Å². The Kier molecular flexibility index (Phi) is 7.10. The zero-order valence-electron chi connectivity index (χ0n) is 18.8. The summed E-state index contributed by atoms with van der Waals surface area (Å²) in [5, 5.41) is 3.21. The van der Waals surface area contributed by atoms with Crippen molar-refractivity contribution < 1.29 is 17.9 Å². The molecule has 0 atom stereocenters. The van der Waals surface area contributed by atoms with Crippen LogP contribution in [0.15, 0.2) is 53.7 Å². The summed E-state index contributed by atoms with van der Waals surface area (Å²) in [4.78, 5) is 16.5. The lowest BCUT2D eigenvalue weighted by Crippen LogP contribution is -2.26. The number of nitrogens with zero attached hydrogens (tertiary/aromatic N) is 1. The minimum atomic E-state index is -4.01. The van der Waals surface area contributed by atoms with Gasteiger partial charge in [-0.05, 0) is 95.3 Å². The van der Waals surface area contributed by atoms with Crippen LogP contribution in [0.25, 0.3) is 0 Å². The van der Waals surface area contributed by atoms with E-state index >= 15 is 0 Å². The Hall–Kier alpha value is -2.70. The van der Waals surface area contributed by atoms with E-state index in [9.17, 15) is 13.2 Å². The molecule has 1 aromatic heterocycles. The standard InChI is InChI=1S/C24H25IN4O4S/c1-14-10-17(25)7-8-20(14)29-21-19(24(26)30)11-18(16-5-6-16)23(22(21)33-2)34(31,32)28-13-15-4-3-9-27-12-15/h3-4,7-12,16,28-29H,5-6,13H2,1-2H3,(H2,26,30). The third kappa shape index (κ3) is 5.18. The molecule has 0 aliphatic heterocycles. The number of anilines is 2. The summed E-state index contributed by atoms with van der Waals surface area (Å²) < 4.78 is 36.5. The number of amides is 1. The minimum absolute atomic E-state index is 0.0195. The first-order chi connectivity index (χ1) is 16.2. The number of hydrogen-bond acceptors (Lipinski definition) is 6. The average molecular weight is 592 g/mol. The molecule has 1 heterocycles. The number of halogens is 1. The Bertz CT molecular complexity index is 1340. The topological polar surface area (TPSA) is 123 Å². The Morgan fingerprint density at radius 3 is 2.62 bits per heavy atom. The Labute approximate surface area is 212 Å². The van der Waals surface area contributed by atoms with E-state index < -0.39 is 15.9 Å². The number of pyridine rings is 1. The van der Waals surface area contributed by atoms with Crippen molar-refractivity contribution in [1.29, 1.82) is 0 Å². The Morgan fingerprint density at radius 2 is 2.03 bits per heavy atom. The fourth-order valence-electron chi connectivity index (χ4n) is 3.80. The van der Waals surface area contributed by atoms with Crippen molar-refractivity contribution in [2.75, 3.05) is 12.4 Å². The van der Waals surface area contributed by atoms with Crippen molar-refractivity contribution in [3.63, 3.8) is 0 Å². The van der Waals surface area contributed by atoms with Crippen LogP contribution in [0, 0.1) is 10.5 Å². The summed E-state index contributed by atoms with van der Waals surface area (Å²) in [7, 11) is -2.62. The SMILES string of the molecule is COc1c(Nc2ccc(I)cc2C)c(C(N)=O)cc(C2CC2)c1S(=O)(=O)NCc1cccnc1. The van der Waals surface area contributed by atoms with Crippen molar-refractivity contribution in [2.45, 2.75) is 37.1 Å². The zero-order valence-corrected chi connectivity index (χ0v) is 21.7. The van der Waals surface area contributed by atoms with E-state index in [1.165, 1.54) is 7.11 Å². The van der Waals surface area contributed by atoms with E-state index in [2.05, 4.69) is 37.6 Å². The number of ether oxygens (including phenoxy) is 1. The zero-order chi connectivity index (χ0) is 24.5. The van der Waals surface area contributed by atoms with Crippen LogP contribution in [-0.2, 0) is 16.6 Å². The summed E-state index contributed by atoms with van der Waals surface area (Å²) >= 11 is 2.21. The molecular formula is C24H25IN4O4S. The van der Waals surface area contributed by atoms with Gasteiger partial charge in [-0.25, -0.2) is 13.1 Å². The van der Waals surface area contributed by atoms with Crippen LogP contribution in [0.1, 0.15) is 45.8 Å². The Morgan fingerprint density at radius 1 is 1.26 bits per heavy atom. The lowest BCUT2D eigenvalue weighted by atomic mass is 10.0. The van der Waals surface area contributed by atoms with E-state index in [0.29, 0.717) is 11.3 Å². The first-order valence-corrected chi connectivity index (χ1v) is 13.2. The van der Waals surface area contributed by atoms with E-state index in [1.54, 1.807) is 30.6 Å². The highest BCUT2D eigenvalue weighted by Crippen LogP contribution is 2.49. The van der Waals surface area contributed by atoms with Gasteiger partial charge in [0.15, 0.2) is 5.75 Å². The highest BCUT2D eigenvalue weighted by atomic mass is 127. The highest BCUT2D eigenvalue weighted by molar-refractivity contribution is 14.1. The number of nitrogens with one attached hydrogen (secondary N) is 2. The maximum Gasteiger partial charge on any atom is 0.250 e. The van der Waals surface area contributed by atoms with Crippen LogP contribution < -0.4 is 20.5 Å². The molecule has 1 amide bonds. The Balaban J connectivity index is 1.86. The van der Waals surface area contributed by atoms with Crippen LogP contribution in [0.5, 0.6) is 5.75 Å². The summed E-state index contributed by atoms with van der Waals surface area (Å²) in [6, 6.07) is 10.9. The third-order valence-electron chi connectivity index (χ3n) is 5.66. The molecule has 0 bridgehead atoms. The van der Waals surface area contributed by atoms with Gasteiger partial charge in [-0.3, -0.25) is 9.78 Å². The van der Waals surface area contributed by atoms with Gasteiger partial charge in [-0.15, -0.1) is 0 Å². The van der Waals surface area contributed by atoms with Gasteiger partial charge >= 0.3 is 0 Å². The first-order valence-electron chi connectivity index (χ1n) is 10.7. The number of rotatable bonds is 9. The third-order valence-corrected chi connectivity index (χ3v) is 7.81. The number of benzene rings is 2. The van der Waals surface area contributed by atoms with Gasteiger partial charge in [0.25, 0.3) is 5.91 Å². The van der Waals surface area contributed by atoms with Crippen LogP contribution in [0.2, 0.25) is 0 Å². The van der Waals surface area contributed by atoms with Crippen molar-refractivity contribution in [3.05, 3.63) is 74.6 Å². The number of nitrogens with two attached hydrogens (primary N) is 1. The van der Waals surface area contributed by atoms with E-state index in [0.717, 1.165) is 27.5 Å². The summed E-state index contributed by atoms with van der Waals surface area (Å²) in [6.45, 7) is 1.99. The fourth-order valence-corrected chi connectivity index (χ4v) is 5.92. The predicted octanol–water partition coefficient (Wildman–Crippen LogP) is 4.20. The lowest BCUT2D eigenvalue weighted by molar-refractivity contribution is 0.100. The molecule has 3 aromatic rings. The van der Waals surface area contributed by atoms with Crippen molar-refractivity contribution in [2.24, 2.45) is 5.73 Å². The molecule has 34 heavy (non-hydrogen) atoms. The lowest BCUT2D eigenvalue weighted by Gasteiger charge is -2.22. The van der Waals surface area contributed by atoms with Crippen LogP contribution in [0.3, 0.4) is 0 Å². The number of aryl methyl sites for hydroxylation is 1. The quantitative estimate of drug-likeness (QED) is 0.320. The highest BCUT2D eigenvalue weighted by Gasteiger charge is 2.36. The molecule has 1 saturated carbocycles. The van der Waals surface area contributed by atoms with E-state index in [1.807, 2.05) is 25.1 Å². The number of carbonyl (C=O) groups is 1.